The van der Waals surface area contributed by atoms with Gasteiger partial charge in [0.1, 0.15) is 5.82 Å². The van der Waals surface area contributed by atoms with Crippen molar-refractivity contribution >= 4 is 61.6 Å². The van der Waals surface area contributed by atoms with E-state index >= 15 is 0 Å². The topological polar surface area (TPSA) is 107 Å². The zero-order valence-corrected chi connectivity index (χ0v) is 23.3. The van der Waals surface area contributed by atoms with Crippen LogP contribution in [0.1, 0.15) is 46.4 Å². The normalized spacial score (nSPS) is 16.6. The number of benzene rings is 1. The molecule has 7 rings (SSSR count). The summed E-state index contributed by atoms with van der Waals surface area (Å²) >= 11 is 9.92. The highest BCUT2D eigenvalue weighted by molar-refractivity contribution is 7.99. The van der Waals surface area contributed by atoms with Crippen LogP contribution in [0.15, 0.2) is 39.9 Å². The molecule has 11 heteroatoms. The zero-order valence-electron chi connectivity index (χ0n) is 20.9. The van der Waals surface area contributed by atoms with Crippen LogP contribution < -0.4 is 20.7 Å². The van der Waals surface area contributed by atoms with Crippen molar-refractivity contribution in [3.05, 3.63) is 68.1 Å². The number of halogens is 1. The second kappa shape index (κ2) is 9.37. The number of allylic oxidation sites excluding steroid dienone is 1. The molecule has 3 aromatic heterocycles. The van der Waals surface area contributed by atoms with E-state index in [1.54, 1.807) is 11.3 Å². The van der Waals surface area contributed by atoms with Crippen LogP contribution in [-0.2, 0) is 32.4 Å². The maximum atomic E-state index is 13.2. The molecular weight excluding hydrogens is 538 g/mol. The van der Waals surface area contributed by atoms with Gasteiger partial charge in [-0.05, 0) is 42.0 Å². The minimum absolute atomic E-state index is 0.608. The standard InChI is InChI=1S/C27H26ClN7OS2/c1-2-14-10-19-23(24(14)28)25(34-8-6-18-22(13-34)38-26(29)31-18)33-27(32-19)37-17-4-3-15-9-16-12-30-7-5-20(16)35(36)21(15)11-17/h3-4,9,11,30H,2,5-8,10,12-13H2,1H3,(H2,29,31). The van der Waals surface area contributed by atoms with Gasteiger partial charge in [-0.1, -0.05) is 18.5 Å². The SMILES string of the molecule is CCC1=C(Cl)c2c(nc(Sc3ccc4cc5c([n+]([O-])c4c3)CCNC5)nc2N2CCc3nc(N)sc3C2)C1. The van der Waals surface area contributed by atoms with E-state index in [0.717, 1.165) is 99.4 Å². The Bertz CT molecular complexity index is 1650. The number of rotatable bonds is 4. The van der Waals surface area contributed by atoms with Gasteiger partial charge in [-0.3, -0.25) is 0 Å². The van der Waals surface area contributed by atoms with E-state index in [4.69, 9.17) is 27.3 Å². The fourth-order valence-corrected chi connectivity index (χ4v) is 7.71. The fraction of sp³-hybridized carbons (Fsp3) is 0.333. The van der Waals surface area contributed by atoms with Crippen LogP contribution in [-0.4, -0.2) is 28.0 Å². The second-order valence-corrected chi connectivity index (χ2v) is 12.4. The molecule has 0 amide bonds. The molecule has 1 aromatic carbocycles. The highest BCUT2D eigenvalue weighted by Gasteiger charge is 2.31. The summed E-state index contributed by atoms with van der Waals surface area (Å²) in [6.07, 6.45) is 3.17. The van der Waals surface area contributed by atoms with Crippen LogP contribution in [0.25, 0.3) is 15.9 Å². The number of hydrogen-bond acceptors (Lipinski definition) is 9. The van der Waals surface area contributed by atoms with E-state index in [1.807, 2.05) is 18.2 Å². The minimum atomic E-state index is 0.608. The van der Waals surface area contributed by atoms with Gasteiger partial charge >= 0.3 is 0 Å². The molecule has 194 valence electrons. The van der Waals surface area contributed by atoms with E-state index in [2.05, 4.69) is 28.2 Å². The number of aromatic nitrogens is 4. The number of thiazole rings is 1. The molecule has 38 heavy (non-hydrogen) atoms. The molecule has 0 unspecified atom stereocenters. The number of nitrogens with one attached hydrogen (secondary N) is 1. The van der Waals surface area contributed by atoms with Gasteiger partial charge in [0.05, 0.1) is 28.5 Å². The van der Waals surface area contributed by atoms with Gasteiger partial charge in [0.15, 0.2) is 16.0 Å². The molecule has 4 aromatic rings. The lowest BCUT2D eigenvalue weighted by Gasteiger charge is -2.29. The smallest absolute Gasteiger partial charge is 0.225 e. The average molecular weight is 564 g/mol. The highest BCUT2D eigenvalue weighted by Crippen LogP contribution is 2.44. The lowest BCUT2D eigenvalue weighted by atomic mass is 10.0. The van der Waals surface area contributed by atoms with E-state index < -0.39 is 0 Å². The Balaban J connectivity index is 1.27. The van der Waals surface area contributed by atoms with Crippen molar-refractivity contribution in [3.63, 3.8) is 0 Å². The second-order valence-electron chi connectivity index (χ2n) is 9.85. The Labute approximate surface area is 233 Å². The minimum Gasteiger partial charge on any atom is -0.618 e. The van der Waals surface area contributed by atoms with Gasteiger partial charge in [-0.15, -0.1) is 11.3 Å². The summed E-state index contributed by atoms with van der Waals surface area (Å²) in [5.74, 6) is 0.866. The summed E-state index contributed by atoms with van der Waals surface area (Å²) in [6, 6.07) is 8.15. The van der Waals surface area contributed by atoms with Crippen molar-refractivity contribution in [2.75, 3.05) is 23.7 Å². The molecule has 0 bridgehead atoms. The first-order chi connectivity index (χ1) is 18.5. The number of pyridine rings is 1. The molecule has 0 spiro atoms. The molecule has 5 heterocycles. The van der Waals surface area contributed by atoms with Crippen molar-refractivity contribution in [2.24, 2.45) is 0 Å². The van der Waals surface area contributed by atoms with Crippen molar-refractivity contribution in [3.8, 4) is 0 Å². The molecule has 0 fully saturated rings. The maximum Gasteiger partial charge on any atom is 0.225 e. The predicted octanol–water partition coefficient (Wildman–Crippen LogP) is 4.58. The largest absolute Gasteiger partial charge is 0.618 e. The van der Waals surface area contributed by atoms with Crippen molar-refractivity contribution in [1.82, 2.24) is 20.3 Å². The van der Waals surface area contributed by atoms with E-state index in [-0.39, 0.29) is 0 Å². The molecular formula is C27H26ClN7OS2. The van der Waals surface area contributed by atoms with Crippen molar-refractivity contribution in [1.29, 1.82) is 0 Å². The van der Waals surface area contributed by atoms with Crippen LogP contribution >= 0.6 is 34.7 Å². The van der Waals surface area contributed by atoms with E-state index in [0.29, 0.717) is 22.3 Å². The number of anilines is 2. The Morgan fingerprint density at radius 3 is 2.97 bits per heavy atom. The summed E-state index contributed by atoms with van der Waals surface area (Å²) in [5, 5.41) is 19.5. The summed E-state index contributed by atoms with van der Waals surface area (Å²) in [6.45, 7) is 5.18. The lowest BCUT2D eigenvalue weighted by Crippen LogP contribution is -2.39. The van der Waals surface area contributed by atoms with E-state index in [9.17, 15) is 5.21 Å². The molecule has 0 radical (unpaired) electrons. The summed E-state index contributed by atoms with van der Waals surface area (Å²) < 4.78 is 1.11. The Hall–Kier alpha value is -2.92. The van der Waals surface area contributed by atoms with Gasteiger partial charge in [-0.2, -0.15) is 4.73 Å². The van der Waals surface area contributed by atoms with Crippen LogP contribution in [0.5, 0.6) is 0 Å². The van der Waals surface area contributed by atoms with Gasteiger partial charge in [0, 0.05) is 65.7 Å². The molecule has 0 saturated carbocycles. The average Bonchev–Trinajstić information content (AvgIpc) is 3.46. The quantitative estimate of drug-likeness (QED) is 0.211. The van der Waals surface area contributed by atoms with Gasteiger partial charge in [0.25, 0.3) is 0 Å². The van der Waals surface area contributed by atoms with Crippen molar-refractivity contribution < 1.29 is 4.73 Å². The van der Waals surface area contributed by atoms with Crippen molar-refractivity contribution in [2.45, 2.75) is 55.7 Å². The van der Waals surface area contributed by atoms with Gasteiger partial charge < -0.3 is 21.2 Å². The van der Waals surface area contributed by atoms with Crippen LogP contribution in [0.2, 0.25) is 0 Å². The lowest BCUT2D eigenvalue weighted by molar-refractivity contribution is -0.586. The van der Waals surface area contributed by atoms with Crippen LogP contribution in [0, 0.1) is 5.21 Å². The number of nitrogens with two attached hydrogens (primary N) is 1. The maximum absolute atomic E-state index is 13.2. The Morgan fingerprint density at radius 1 is 1.21 bits per heavy atom. The molecule has 1 aliphatic carbocycles. The summed E-state index contributed by atoms with van der Waals surface area (Å²) in [7, 11) is 0. The molecule has 0 atom stereocenters. The van der Waals surface area contributed by atoms with E-state index in [1.165, 1.54) is 22.2 Å². The number of fused-ring (bicyclic) bond motifs is 4. The third-order valence-corrected chi connectivity index (χ3v) is 9.78. The fourth-order valence-electron chi connectivity index (χ4n) is 5.61. The molecule has 3 N–H and O–H groups in total. The molecule has 2 aliphatic heterocycles. The van der Waals surface area contributed by atoms with Gasteiger partial charge in [-0.25, -0.2) is 15.0 Å². The number of hydrogen-bond donors (Lipinski definition) is 2. The first-order valence-corrected chi connectivity index (χ1v) is 14.8. The number of nitrogen functional groups attached to an aromatic ring is 1. The van der Waals surface area contributed by atoms with Crippen LogP contribution in [0.3, 0.4) is 0 Å². The number of nitrogens with zero attached hydrogens (tertiary/aromatic N) is 5. The summed E-state index contributed by atoms with van der Waals surface area (Å²) in [5.41, 5.74) is 12.8. The highest BCUT2D eigenvalue weighted by atomic mass is 35.5. The zero-order chi connectivity index (χ0) is 26.0. The summed E-state index contributed by atoms with van der Waals surface area (Å²) in [4.78, 5) is 18.9. The van der Waals surface area contributed by atoms with Gasteiger partial charge in [0.2, 0.25) is 5.52 Å². The first-order valence-electron chi connectivity index (χ1n) is 12.8. The molecule has 0 saturated heterocycles. The monoisotopic (exact) mass is 563 g/mol. The Morgan fingerprint density at radius 2 is 2.11 bits per heavy atom. The first kappa shape index (κ1) is 24.1. The third-order valence-electron chi connectivity index (χ3n) is 7.56. The predicted molar refractivity (Wildman–Crippen MR) is 153 cm³/mol. The third kappa shape index (κ3) is 4.02. The Kier molecular flexibility index (Phi) is 5.95. The van der Waals surface area contributed by atoms with Crippen LogP contribution in [0.4, 0.5) is 10.9 Å². The molecule has 3 aliphatic rings. The molecule has 8 nitrogen and oxygen atoms in total.